The normalized spacial score (nSPS) is 13.7. The van der Waals surface area contributed by atoms with Crippen LogP contribution in [0.1, 0.15) is 33.2 Å². The van der Waals surface area contributed by atoms with Crippen LogP contribution in [0.15, 0.2) is 78.6 Å². The van der Waals surface area contributed by atoms with Crippen molar-refractivity contribution in [2.45, 2.75) is 6.92 Å². The number of carbonyl (C=O) groups is 2. The summed E-state index contributed by atoms with van der Waals surface area (Å²) >= 11 is 0. The van der Waals surface area contributed by atoms with E-state index >= 15 is 0 Å². The minimum atomic E-state index is -0.472. The number of allylic oxidation sites excluding steroid dienone is 1. The fraction of sp³-hybridized carbons (Fsp3) is 0.0833. The molecule has 4 rings (SSSR count). The second kappa shape index (κ2) is 8.02. The minimum absolute atomic E-state index is 0.213. The lowest BCUT2D eigenvalue weighted by molar-refractivity contribution is 0.0734. The van der Waals surface area contributed by atoms with Crippen molar-refractivity contribution < 1.29 is 23.8 Å². The lowest BCUT2D eigenvalue weighted by Gasteiger charge is -2.05. The Morgan fingerprint density at radius 3 is 2.41 bits per heavy atom. The molecule has 0 saturated heterocycles. The second-order valence-electron chi connectivity index (χ2n) is 6.36. The molecule has 144 valence electrons. The molecule has 0 atom stereocenters. The van der Waals surface area contributed by atoms with Crippen molar-refractivity contribution in [3.8, 4) is 17.2 Å². The third-order valence-electron chi connectivity index (χ3n) is 4.35. The molecule has 0 unspecified atom stereocenters. The maximum absolute atomic E-state index is 12.6. The fourth-order valence-electron chi connectivity index (χ4n) is 2.95. The summed E-state index contributed by atoms with van der Waals surface area (Å²) < 4.78 is 16.5. The first-order valence-electron chi connectivity index (χ1n) is 9.22. The molecule has 0 amide bonds. The number of ketones is 1. The van der Waals surface area contributed by atoms with E-state index in [-0.39, 0.29) is 11.5 Å². The predicted octanol–water partition coefficient (Wildman–Crippen LogP) is 4.92. The van der Waals surface area contributed by atoms with Crippen molar-refractivity contribution in [2.75, 3.05) is 6.61 Å². The number of ether oxygens (including phenoxy) is 3. The highest BCUT2D eigenvalue weighted by Crippen LogP contribution is 2.35. The summed E-state index contributed by atoms with van der Waals surface area (Å²) in [6, 6.07) is 20.8. The van der Waals surface area contributed by atoms with Gasteiger partial charge >= 0.3 is 5.97 Å². The lowest BCUT2D eigenvalue weighted by Crippen LogP contribution is -2.08. The average Bonchev–Trinajstić information content (AvgIpc) is 3.05. The van der Waals surface area contributed by atoms with Crippen molar-refractivity contribution >= 4 is 17.8 Å². The van der Waals surface area contributed by atoms with Crippen LogP contribution in [0.2, 0.25) is 0 Å². The van der Waals surface area contributed by atoms with Crippen LogP contribution in [0.4, 0.5) is 0 Å². The highest BCUT2D eigenvalue weighted by molar-refractivity contribution is 6.14. The smallest absolute Gasteiger partial charge is 0.343 e. The Morgan fingerprint density at radius 1 is 0.966 bits per heavy atom. The Balaban J connectivity index is 1.51. The van der Waals surface area contributed by atoms with Crippen LogP contribution in [0, 0.1) is 0 Å². The van der Waals surface area contributed by atoms with Crippen LogP contribution in [-0.4, -0.2) is 18.4 Å². The van der Waals surface area contributed by atoms with Crippen LogP contribution in [0.25, 0.3) is 6.08 Å². The van der Waals surface area contributed by atoms with Crippen molar-refractivity contribution in [3.05, 3.63) is 95.2 Å². The number of carbonyl (C=O) groups excluding carboxylic acids is 2. The fourth-order valence-corrected chi connectivity index (χ4v) is 2.95. The van der Waals surface area contributed by atoms with E-state index in [2.05, 4.69) is 0 Å². The monoisotopic (exact) mass is 386 g/mol. The average molecular weight is 386 g/mol. The van der Waals surface area contributed by atoms with E-state index in [4.69, 9.17) is 14.2 Å². The molecular weight excluding hydrogens is 368 g/mol. The molecule has 0 aliphatic carbocycles. The largest absolute Gasteiger partial charge is 0.494 e. The van der Waals surface area contributed by atoms with Gasteiger partial charge in [-0.25, -0.2) is 4.79 Å². The summed E-state index contributed by atoms with van der Waals surface area (Å²) in [6.07, 6.45) is 1.67. The summed E-state index contributed by atoms with van der Waals surface area (Å²) in [5, 5.41) is 0. The van der Waals surface area contributed by atoms with Gasteiger partial charge in [-0.1, -0.05) is 30.3 Å². The molecule has 0 radical (unpaired) electrons. The molecule has 0 aromatic heterocycles. The van der Waals surface area contributed by atoms with Gasteiger partial charge in [0.25, 0.3) is 0 Å². The van der Waals surface area contributed by atoms with Crippen molar-refractivity contribution in [1.82, 2.24) is 0 Å². The summed E-state index contributed by atoms with van der Waals surface area (Å²) in [4.78, 5) is 24.8. The number of fused-ring (bicyclic) bond motifs is 1. The van der Waals surface area contributed by atoms with Crippen molar-refractivity contribution in [2.24, 2.45) is 0 Å². The van der Waals surface area contributed by atoms with Gasteiger partial charge in [-0.2, -0.15) is 0 Å². The summed E-state index contributed by atoms with van der Waals surface area (Å²) in [6.45, 7) is 2.51. The van der Waals surface area contributed by atoms with E-state index in [9.17, 15) is 9.59 Å². The first kappa shape index (κ1) is 18.5. The molecular formula is C24H18O5. The molecule has 3 aromatic carbocycles. The van der Waals surface area contributed by atoms with Crippen molar-refractivity contribution in [1.29, 1.82) is 0 Å². The number of benzene rings is 3. The number of hydrogen-bond acceptors (Lipinski definition) is 5. The highest BCUT2D eigenvalue weighted by Gasteiger charge is 2.28. The van der Waals surface area contributed by atoms with Crippen LogP contribution in [0.5, 0.6) is 17.2 Å². The molecule has 1 heterocycles. The number of Topliss-reactive ketones (excluding diaryl/α,β-unsaturated/α-hetero) is 1. The Kier molecular flexibility index (Phi) is 5.12. The Morgan fingerprint density at radius 2 is 1.69 bits per heavy atom. The lowest BCUT2D eigenvalue weighted by atomic mass is 10.1. The third kappa shape index (κ3) is 4.04. The standard InChI is InChI=1S/C24H18O5/c1-2-27-18-10-8-16(9-11-18)14-22-23(25)20-13-12-19(15-21(20)29-22)28-24(26)17-6-4-3-5-7-17/h3-15H,2H2,1H3. The molecule has 5 nitrogen and oxygen atoms in total. The van der Waals surface area contributed by atoms with Gasteiger partial charge in [0.2, 0.25) is 5.78 Å². The van der Waals surface area contributed by atoms with E-state index in [1.54, 1.807) is 48.5 Å². The number of esters is 1. The maximum Gasteiger partial charge on any atom is 0.343 e. The summed E-state index contributed by atoms with van der Waals surface area (Å²) in [5.41, 5.74) is 1.70. The van der Waals surface area contributed by atoms with Gasteiger partial charge in [-0.05, 0) is 55.0 Å². The maximum atomic E-state index is 12.6. The molecule has 29 heavy (non-hydrogen) atoms. The van der Waals surface area contributed by atoms with Gasteiger partial charge in [0.1, 0.15) is 17.2 Å². The van der Waals surface area contributed by atoms with Crippen LogP contribution in [0.3, 0.4) is 0 Å². The first-order chi connectivity index (χ1) is 14.1. The SMILES string of the molecule is CCOc1ccc(C=C2Oc3cc(OC(=O)c4ccccc4)ccc3C2=O)cc1. The van der Waals surface area contributed by atoms with E-state index in [1.807, 2.05) is 37.3 Å². The topological polar surface area (TPSA) is 61.8 Å². The Hall–Kier alpha value is -3.86. The zero-order valence-corrected chi connectivity index (χ0v) is 15.8. The molecule has 0 saturated carbocycles. The first-order valence-corrected chi connectivity index (χ1v) is 9.22. The molecule has 0 N–H and O–H groups in total. The van der Waals surface area contributed by atoms with Gasteiger partial charge in [0.15, 0.2) is 5.76 Å². The highest BCUT2D eigenvalue weighted by atomic mass is 16.5. The molecule has 1 aliphatic rings. The molecule has 0 fully saturated rings. The van der Waals surface area contributed by atoms with Crippen LogP contribution in [-0.2, 0) is 0 Å². The van der Waals surface area contributed by atoms with Gasteiger partial charge in [0.05, 0.1) is 17.7 Å². The number of rotatable bonds is 5. The predicted molar refractivity (Wildman–Crippen MR) is 108 cm³/mol. The Bertz CT molecular complexity index is 1080. The van der Waals surface area contributed by atoms with E-state index < -0.39 is 5.97 Å². The summed E-state index contributed by atoms with van der Waals surface area (Å²) in [5.74, 6) is 0.977. The zero-order chi connectivity index (χ0) is 20.2. The third-order valence-corrected chi connectivity index (χ3v) is 4.35. The molecule has 0 spiro atoms. The molecule has 3 aromatic rings. The molecule has 5 heteroatoms. The summed E-state index contributed by atoms with van der Waals surface area (Å²) in [7, 11) is 0. The quantitative estimate of drug-likeness (QED) is 0.354. The minimum Gasteiger partial charge on any atom is -0.494 e. The van der Waals surface area contributed by atoms with Crippen LogP contribution < -0.4 is 14.2 Å². The van der Waals surface area contributed by atoms with E-state index in [0.29, 0.717) is 29.2 Å². The Labute approximate surface area is 168 Å². The molecule has 0 bridgehead atoms. The second-order valence-corrected chi connectivity index (χ2v) is 6.36. The van der Waals surface area contributed by atoms with Gasteiger partial charge < -0.3 is 14.2 Å². The van der Waals surface area contributed by atoms with Gasteiger partial charge in [0, 0.05) is 6.07 Å². The number of hydrogen-bond donors (Lipinski definition) is 0. The zero-order valence-electron chi connectivity index (χ0n) is 15.8. The van der Waals surface area contributed by atoms with Crippen molar-refractivity contribution in [3.63, 3.8) is 0 Å². The van der Waals surface area contributed by atoms with Crippen LogP contribution >= 0.6 is 0 Å². The molecule has 1 aliphatic heterocycles. The van der Waals surface area contributed by atoms with E-state index in [1.165, 1.54) is 0 Å². The van der Waals surface area contributed by atoms with E-state index in [0.717, 1.165) is 11.3 Å². The van der Waals surface area contributed by atoms with Gasteiger partial charge in [-0.15, -0.1) is 0 Å². The van der Waals surface area contributed by atoms with Gasteiger partial charge in [-0.3, -0.25) is 4.79 Å².